The first-order valence-corrected chi connectivity index (χ1v) is 8.94. The smallest absolute Gasteiger partial charge is 0.249 e. The normalized spacial score (nSPS) is 24.8. The standard InChI is InChI=1S/C19H25NO5/c1-22-16-4-2-15(3-5-16)12-20-17(21)13-23-14-18(20)6-8-19(9-7-18)24-10-11-25-19/h2-5H,6-14H2,1H3. The molecule has 2 aliphatic heterocycles. The van der Waals surface area contributed by atoms with Crippen LogP contribution in [0.4, 0.5) is 0 Å². The van der Waals surface area contributed by atoms with E-state index in [1.165, 1.54) is 0 Å². The Hall–Kier alpha value is -1.63. The molecule has 3 fully saturated rings. The van der Waals surface area contributed by atoms with Gasteiger partial charge < -0.3 is 23.8 Å². The predicted octanol–water partition coefficient (Wildman–Crippen LogP) is 2.11. The van der Waals surface area contributed by atoms with Gasteiger partial charge in [-0.1, -0.05) is 12.1 Å². The number of hydrogen-bond donors (Lipinski definition) is 0. The number of hydrogen-bond acceptors (Lipinski definition) is 5. The summed E-state index contributed by atoms with van der Waals surface area (Å²) < 4.78 is 22.5. The Balaban J connectivity index is 1.52. The average molecular weight is 347 g/mol. The summed E-state index contributed by atoms with van der Waals surface area (Å²) in [5, 5.41) is 0. The van der Waals surface area contributed by atoms with Crippen LogP contribution in [0.1, 0.15) is 31.2 Å². The molecule has 25 heavy (non-hydrogen) atoms. The van der Waals surface area contributed by atoms with Gasteiger partial charge in [0, 0.05) is 19.4 Å². The summed E-state index contributed by atoms with van der Waals surface area (Å²) in [6, 6.07) is 7.90. The number of ether oxygens (including phenoxy) is 4. The van der Waals surface area contributed by atoms with Crippen molar-refractivity contribution < 1.29 is 23.7 Å². The van der Waals surface area contributed by atoms with Crippen molar-refractivity contribution in [1.29, 1.82) is 0 Å². The minimum Gasteiger partial charge on any atom is -0.497 e. The summed E-state index contributed by atoms with van der Waals surface area (Å²) >= 11 is 0. The Labute approximate surface area is 148 Å². The van der Waals surface area contributed by atoms with E-state index in [2.05, 4.69) is 0 Å². The van der Waals surface area contributed by atoms with E-state index >= 15 is 0 Å². The van der Waals surface area contributed by atoms with Gasteiger partial charge in [-0.05, 0) is 30.5 Å². The zero-order valence-electron chi connectivity index (χ0n) is 14.7. The van der Waals surface area contributed by atoms with Crippen molar-refractivity contribution >= 4 is 5.91 Å². The number of benzene rings is 1. The van der Waals surface area contributed by atoms with Crippen molar-refractivity contribution in [3.63, 3.8) is 0 Å². The van der Waals surface area contributed by atoms with Gasteiger partial charge in [0.15, 0.2) is 5.79 Å². The highest BCUT2D eigenvalue weighted by Gasteiger charge is 2.51. The zero-order valence-corrected chi connectivity index (χ0v) is 14.7. The second-order valence-corrected chi connectivity index (χ2v) is 7.15. The van der Waals surface area contributed by atoms with Crippen molar-refractivity contribution in [1.82, 2.24) is 4.90 Å². The number of rotatable bonds is 3. The van der Waals surface area contributed by atoms with Crippen LogP contribution in [-0.2, 0) is 25.5 Å². The molecule has 1 aromatic carbocycles. The summed E-state index contributed by atoms with van der Waals surface area (Å²) in [5.41, 5.74) is 0.847. The molecule has 0 atom stereocenters. The zero-order chi connectivity index (χ0) is 17.3. The summed E-state index contributed by atoms with van der Waals surface area (Å²) in [7, 11) is 1.65. The Morgan fingerprint density at radius 1 is 1.08 bits per heavy atom. The minimum atomic E-state index is -0.433. The van der Waals surface area contributed by atoms with Crippen LogP contribution in [0.3, 0.4) is 0 Å². The Bertz CT molecular complexity index is 613. The van der Waals surface area contributed by atoms with E-state index in [9.17, 15) is 4.79 Å². The number of nitrogens with zero attached hydrogens (tertiary/aromatic N) is 1. The van der Waals surface area contributed by atoms with Crippen molar-refractivity contribution in [3.8, 4) is 5.75 Å². The molecule has 0 bridgehead atoms. The van der Waals surface area contributed by atoms with E-state index < -0.39 is 5.79 Å². The van der Waals surface area contributed by atoms with Crippen LogP contribution >= 0.6 is 0 Å². The van der Waals surface area contributed by atoms with Gasteiger partial charge >= 0.3 is 0 Å². The van der Waals surface area contributed by atoms with Crippen molar-refractivity contribution in [2.75, 3.05) is 33.5 Å². The third kappa shape index (κ3) is 3.14. The minimum absolute atomic E-state index is 0.0614. The molecule has 6 nitrogen and oxygen atoms in total. The van der Waals surface area contributed by atoms with Crippen molar-refractivity contribution in [2.45, 2.75) is 43.6 Å². The Kier molecular flexibility index (Phi) is 4.43. The van der Waals surface area contributed by atoms with Gasteiger partial charge in [-0.3, -0.25) is 4.79 Å². The molecule has 1 amide bonds. The van der Waals surface area contributed by atoms with Crippen LogP contribution in [-0.4, -0.2) is 55.7 Å². The number of amides is 1. The first-order chi connectivity index (χ1) is 12.1. The third-order valence-electron chi connectivity index (χ3n) is 5.73. The highest BCUT2D eigenvalue weighted by Crippen LogP contribution is 2.44. The van der Waals surface area contributed by atoms with Gasteiger partial charge in [-0.25, -0.2) is 0 Å². The lowest BCUT2D eigenvalue weighted by Gasteiger charge is -2.51. The topological polar surface area (TPSA) is 57.2 Å². The maximum Gasteiger partial charge on any atom is 0.249 e. The lowest BCUT2D eigenvalue weighted by atomic mass is 9.77. The first kappa shape index (κ1) is 16.8. The van der Waals surface area contributed by atoms with Gasteiger partial charge in [-0.2, -0.15) is 0 Å². The molecule has 0 unspecified atom stereocenters. The second kappa shape index (κ2) is 6.59. The van der Waals surface area contributed by atoms with Crippen molar-refractivity contribution in [3.05, 3.63) is 29.8 Å². The number of carbonyl (C=O) groups excluding carboxylic acids is 1. The van der Waals surface area contributed by atoms with Crippen molar-refractivity contribution in [2.24, 2.45) is 0 Å². The molecule has 0 aromatic heterocycles. The van der Waals surface area contributed by atoms with E-state index in [0.29, 0.717) is 26.4 Å². The van der Waals surface area contributed by atoms with Crippen LogP contribution in [0.2, 0.25) is 0 Å². The van der Waals surface area contributed by atoms with Crippen LogP contribution in [0, 0.1) is 0 Å². The highest BCUT2D eigenvalue weighted by atomic mass is 16.7. The lowest BCUT2D eigenvalue weighted by molar-refractivity contribution is -0.209. The van der Waals surface area contributed by atoms with Crippen LogP contribution < -0.4 is 4.74 Å². The summed E-state index contributed by atoms with van der Waals surface area (Å²) in [5.74, 6) is 0.450. The first-order valence-electron chi connectivity index (χ1n) is 8.94. The fraction of sp³-hybridized carbons (Fsp3) is 0.632. The SMILES string of the molecule is COc1ccc(CN2C(=O)COCC23CCC2(CC3)OCCO2)cc1. The molecular formula is C19H25NO5. The molecule has 2 spiro atoms. The maximum atomic E-state index is 12.6. The van der Waals surface area contributed by atoms with Crippen LogP contribution in [0.15, 0.2) is 24.3 Å². The molecule has 6 heteroatoms. The number of methoxy groups -OCH3 is 1. The molecule has 2 saturated heterocycles. The molecule has 2 heterocycles. The molecular weight excluding hydrogens is 322 g/mol. The fourth-order valence-electron chi connectivity index (χ4n) is 4.21. The van der Waals surface area contributed by atoms with Gasteiger partial charge in [-0.15, -0.1) is 0 Å². The van der Waals surface area contributed by atoms with Crippen LogP contribution in [0.25, 0.3) is 0 Å². The Morgan fingerprint density at radius 3 is 2.40 bits per heavy atom. The Morgan fingerprint density at radius 2 is 1.76 bits per heavy atom. The van der Waals surface area contributed by atoms with Gasteiger partial charge in [0.1, 0.15) is 12.4 Å². The number of carbonyl (C=O) groups is 1. The second-order valence-electron chi connectivity index (χ2n) is 7.15. The third-order valence-corrected chi connectivity index (χ3v) is 5.73. The average Bonchev–Trinajstić information content (AvgIpc) is 3.10. The van der Waals surface area contributed by atoms with E-state index in [1.807, 2.05) is 29.2 Å². The summed E-state index contributed by atoms with van der Waals surface area (Å²) in [4.78, 5) is 14.6. The maximum absolute atomic E-state index is 12.6. The summed E-state index contributed by atoms with van der Waals surface area (Å²) in [6.45, 7) is 2.68. The van der Waals surface area contributed by atoms with E-state index in [0.717, 1.165) is 37.0 Å². The van der Waals surface area contributed by atoms with E-state index in [1.54, 1.807) is 7.11 Å². The van der Waals surface area contributed by atoms with Crippen LogP contribution in [0.5, 0.6) is 5.75 Å². The largest absolute Gasteiger partial charge is 0.497 e. The molecule has 1 aromatic rings. The number of morpholine rings is 1. The molecule has 136 valence electrons. The fourth-order valence-corrected chi connectivity index (χ4v) is 4.21. The van der Waals surface area contributed by atoms with E-state index in [-0.39, 0.29) is 18.1 Å². The summed E-state index contributed by atoms with van der Waals surface area (Å²) in [6.07, 6.45) is 3.30. The molecule has 0 N–H and O–H groups in total. The molecule has 4 rings (SSSR count). The van der Waals surface area contributed by atoms with Gasteiger partial charge in [0.05, 0.1) is 32.5 Å². The monoisotopic (exact) mass is 347 g/mol. The predicted molar refractivity (Wildman–Crippen MR) is 90.2 cm³/mol. The highest BCUT2D eigenvalue weighted by molar-refractivity contribution is 5.79. The quantitative estimate of drug-likeness (QED) is 0.838. The molecule has 1 aliphatic carbocycles. The lowest BCUT2D eigenvalue weighted by Crippen LogP contribution is -2.62. The van der Waals surface area contributed by atoms with Gasteiger partial charge in [0.2, 0.25) is 5.91 Å². The van der Waals surface area contributed by atoms with Gasteiger partial charge in [0.25, 0.3) is 0 Å². The molecule has 1 saturated carbocycles. The van der Waals surface area contributed by atoms with E-state index in [4.69, 9.17) is 18.9 Å². The molecule has 0 radical (unpaired) electrons. The molecule has 3 aliphatic rings.